The Hall–Kier alpha value is -3.35. The first kappa shape index (κ1) is 24.8. The highest BCUT2D eigenvalue weighted by Crippen LogP contribution is 2.33. The second-order valence-electron chi connectivity index (χ2n) is 8.67. The summed E-state index contributed by atoms with van der Waals surface area (Å²) in [6.07, 6.45) is 0. The minimum atomic E-state index is -3.85. The van der Waals surface area contributed by atoms with Gasteiger partial charge in [0, 0.05) is 15.4 Å². The summed E-state index contributed by atoms with van der Waals surface area (Å²) in [5, 5.41) is 0. The van der Waals surface area contributed by atoms with Gasteiger partial charge in [-0.2, -0.15) is 0 Å². The predicted octanol–water partition coefficient (Wildman–Crippen LogP) is 7.37. The minimum absolute atomic E-state index is 0.147. The fraction of sp³-hybridized carbons (Fsp3) is 0.138. The summed E-state index contributed by atoms with van der Waals surface area (Å²) in [6.45, 7) is 4.82. The van der Waals surface area contributed by atoms with Gasteiger partial charge < -0.3 is 4.74 Å². The van der Waals surface area contributed by atoms with E-state index >= 15 is 0 Å². The quantitative estimate of drug-likeness (QED) is 0.235. The second kappa shape index (κ2) is 10.1. The van der Waals surface area contributed by atoms with E-state index in [1.54, 1.807) is 48.2 Å². The lowest BCUT2D eigenvalue weighted by atomic mass is 10.0. The summed E-state index contributed by atoms with van der Waals surface area (Å²) in [6, 6.07) is 31.0. The summed E-state index contributed by atoms with van der Waals surface area (Å²) in [4.78, 5) is 15.3. The molecule has 178 valence electrons. The molecule has 0 unspecified atom stereocenters. The lowest BCUT2D eigenvalue weighted by molar-refractivity contribution is 0.0953. The fourth-order valence-electron chi connectivity index (χ4n) is 3.49. The SMILES string of the molecule is Cc1ccc(S(=O)(=O)C(C)(C)C(=O)c2ccc(Sc3ccc(Oc4ccccc4)cc3)cc2)cc1. The van der Waals surface area contributed by atoms with Crippen molar-refractivity contribution in [3.63, 3.8) is 0 Å². The number of rotatable bonds is 8. The lowest BCUT2D eigenvalue weighted by Crippen LogP contribution is -2.40. The maximum atomic E-state index is 13.2. The molecular formula is C29H26O4S2. The first-order chi connectivity index (χ1) is 16.7. The van der Waals surface area contributed by atoms with Crippen molar-refractivity contribution >= 4 is 27.4 Å². The van der Waals surface area contributed by atoms with Crippen LogP contribution in [0.1, 0.15) is 29.8 Å². The van der Waals surface area contributed by atoms with Crippen LogP contribution in [0, 0.1) is 6.92 Å². The first-order valence-corrected chi connectivity index (χ1v) is 13.4. The van der Waals surface area contributed by atoms with E-state index in [2.05, 4.69) is 0 Å². The van der Waals surface area contributed by atoms with Crippen LogP contribution in [0.25, 0.3) is 0 Å². The molecule has 4 rings (SSSR count). The molecule has 0 amide bonds. The monoisotopic (exact) mass is 502 g/mol. The number of Topliss-reactive ketones (excluding diaryl/α,β-unsaturated/α-hetero) is 1. The van der Waals surface area contributed by atoms with Gasteiger partial charge >= 0.3 is 0 Å². The molecule has 0 aliphatic rings. The van der Waals surface area contributed by atoms with Crippen molar-refractivity contribution in [3.05, 3.63) is 114 Å². The minimum Gasteiger partial charge on any atom is -0.457 e. The largest absolute Gasteiger partial charge is 0.457 e. The standard InChI is InChI=1S/C29H26O4S2/c1-21-9-19-27(20-10-21)35(31,32)29(2,3)28(30)22-11-15-25(16-12-22)34-26-17-13-24(14-18-26)33-23-7-5-4-6-8-23/h4-20H,1-3H3. The Labute approximate surface area is 210 Å². The Morgan fingerprint density at radius 3 is 1.80 bits per heavy atom. The molecule has 0 aromatic heterocycles. The molecule has 0 aliphatic heterocycles. The van der Waals surface area contributed by atoms with Gasteiger partial charge in [-0.1, -0.05) is 59.8 Å². The van der Waals surface area contributed by atoms with Crippen LogP contribution in [-0.2, 0) is 9.84 Å². The molecule has 0 saturated carbocycles. The van der Waals surface area contributed by atoms with Gasteiger partial charge in [0.2, 0.25) is 0 Å². The zero-order valence-corrected chi connectivity index (χ0v) is 21.4. The molecule has 0 fully saturated rings. The molecule has 4 aromatic rings. The summed E-state index contributed by atoms with van der Waals surface area (Å²) in [5.41, 5.74) is 1.32. The topological polar surface area (TPSA) is 60.4 Å². The number of hydrogen-bond donors (Lipinski definition) is 0. The van der Waals surface area contributed by atoms with Gasteiger partial charge in [0.25, 0.3) is 0 Å². The highest BCUT2D eigenvalue weighted by molar-refractivity contribution is 7.99. The number of carbonyl (C=O) groups is 1. The zero-order valence-electron chi connectivity index (χ0n) is 19.8. The molecule has 35 heavy (non-hydrogen) atoms. The molecule has 0 saturated heterocycles. The van der Waals surface area contributed by atoms with Gasteiger partial charge in [-0.15, -0.1) is 0 Å². The van der Waals surface area contributed by atoms with Crippen LogP contribution in [0.2, 0.25) is 0 Å². The molecule has 0 bridgehead atoms. The summed E-state index contributed by atoms with van der Waals surface area (Å²) in [5.74, 6) is 1.09. The first-order valence-electron chi connectivity index (χ1n) is 11.1. The van der Waals surface area contributed by atoms with Gasteiger partial charge in [0.05, 0.1) is 4.90 Å². The van der Waals surface area contributed by atoms with Gasteiger partial charge in [0.1, 0.15) is 16.2 Å². The molecule has 0 spiro atoms. The van der Waals surface area contributed by atoms with Gasteiger partial charge in [-0.05, 0) is 81.4 Å². The number of sulfone groups is 1. The van der Waals surface area contributed by atoms with Crippen LogP contribution >= 0.6 is 11.8 Å². The molecule has 0 heterocycles. The summed E-state index contributed by atoms with van der Waals surface area (Å²) in [7, 11) is -3.85. The van der Waals surface area contributed by atoms with Crippen LogP contribution in [0.3, 0.4) is 0 Å². The van der Waals surface area contributed by atoms with Gasteiger partial charge in [-0.3, -0.25) is 4.79 Å². The number of para-hydroxylation sites is 1. The second-order valence-corrected chi connectivity index (χ2v) is 12.3. The van der Waals surface area contributed by atoms with E-state index in [0.29, 0.717) is 5.56 Å². The van der Waals surface area contributed by atoms with Crippen molar-refractivity contribution < 1.29 is 17.9 Å². The van der Waals surface area contributed by atoms with Crippen molar-refractivity contribution in [1.29, 1.82) is 0 Å². The number of hydrogen-bond acceptors (Lipinski definition) is 5. The molecule has 0 radical (unpaired) electrons. The van der Waals surface area contributed by atoms with E-state index in [-0.39, 0.29) is 4.90 Å². The van der Waals surface area contributed by atoms with Gasteiger partial charge in [-0.25, -0.2) is 8.42 Å². The maximum absolute atomic E-state index is 13.2. The highest BCUT2D eigenvalue weighted by Gasteiger charge is 2.42. The normalized spacial score (nSPS) is 11.7. The molecular weight excluding hydrogens is 476 g/mol. The van der Waals surface area contributed by atoms with Crippen molar-refractivity contribution in [1.82, 2.24) is 0 Å². The zero-order chi connectivity index (χ0) is 25.1. The Morgan fingerprint density at radius 1 is 0.714 bits per heavy atom. The number of carbonyl (C=O) groups excluding carboxylic acids is 1. The smallest absolute Gasteiger partial charge is 0.190 e. The van der Waals surface area contributed by atoms with E-state index in [9.17, 15) is 13.2 Å². The molecule has 0 aliphatic carbocycles. The van der Waals surface area contributed by atoms with Crippen LogP contribution in [0.15, 0.2) is 118 Å². The van der Waals surface area contributed by atoms with Crippen molar-refractivity contribution in [2.24, 2.45) is 0 Å². The number of ether oxygens (including phenoxy) is 1. The third-order valence-corrected chi connectivity index (χ3v) is 9.14. The van der Waals surface area contributed by atoms with E-state index in [4.69, 9.17) is 4.74 Å². The van der Waals surface area contributed by atoms with Crippen molar-refractivity contribution in [2.75, 3.05) is 0 Å². The summed E-state index contributed by atoms with van der Waals surface area (Å²) >= 11 is 1.55. The molecule has 0 N–H and O–H groups in total. The van der Waals surface area contributed by atoms with E-state index in [1.165, 1.54) is 13.8 Å². The van der Waals surface area contributed by atoms with Crippen LogP contribution in [0.4, 0.5) is 0 Å². The van der Waals surface area contributed by atoms with Crippen LogP contribution in [-0.4, -0.2) is 18.9 Å². The average molecular weight is 503 g/mol. The third kappa shape index (κ3) is 5.50. The fourth-order valence-corrected chi connectivity index (χ4v) is 5.75. The Bertz CT molecular complexity index is 1410. The maximum Gasteiger partial charge on any atom is 0.190 e. The molecule has 4 nitrogen and oxygen atoms in total. The Balaban J connectivity index is 1.45. The molecule has 6 heteroatoms. The van der Waals surface area contributed by atoms with Crippen LogP contribution in [0.5, 0.6) is 11.5 Å². The molecule has 0 atom stereocenters. The Morgan fingerprint density at radius 2 is 1.23 bits per heavy atom. The third-order valence-electron chi connectivity index (χ3n) is 5.70. The van der Waals surface area contributed by atoms with Crippen LogP contribution < -0.4 is 4.74 Å². The van der Waals surface area contributed by atoms with E-state index in [1.807, 2.05) is 73.7 Å². The van der Waals surface area contributed by atoms with Gasteiger partial charge in [0.15, 0.2) is 15.6 Å². The summed E-state index contributed by atoms with van der Waals surface area (Å²) < 4.78 is 30.6. The van der Waals surface area contributed by atoms with E-state index < -0.39 is 20.4 Å². The average Bonchev–Trinajstić information content (AvgIpc) is 2.86. The number of aryl methyl sites for hydroxylation is 1. The van der Waals surface area contributed by atoms with E-state index in [0.717, 1.165) is 26.9 Å². The molecule has 4 aromatic carbocycles. The van der Waals surface area contributed by atoms with Crippen molar-refractivity contribution in [2.45, 2.75) is 40.2 Å². The lowest BCUT2D eigenvalue weighted by Gasteiger charge is -2.23. The highest BCUT2D eigenvalue weighted by atomic mass is 32.2. The Kier molecular flexibility index (Phi) is 7.15. The number of ketones is 1. The number of benzene rings is 4. The van der Waals surface area contributed by atoms with Crippen molar-refractivity contribution in [3.8, 4) is 11.5 Å². The predicted molar refractivity (Wildman–Crippen MR) is 140 cm³/mol.